The van der Waals surface area contributed by atoms with Crippen molar-refractivity contribution >= 4 is 45.7 Å². The first-order valence-electron chi connectivity index (χ1n) is 14.1. The molecule has 3 amide bonds. The zero-order valence-corrected chi connectivity index (χ0v) is 24.5. The summed E-state index contributed by atoms with van der Waals surface area (Å²) in [4.78, 5) is 43.9. The second-order valence-corrected chi connectivity index (χ2v) is 10.2. The predicted molar refractivity (Wildman–Crippen MR) is 169 cm³/mol. The van der Waals surface area contributed by atoms with E-state index < -0.39 is 11.8 Å². The molecular weight excluding hydrogens is 579 g/mol. The van der Waals surface area contributed by atoms with Crippen molar-refractivity contribution in [2.45, 2.75) is 6.92 Å². The molecule has 3 aromatic carbocycles. The Morgan fingerprint density at radius 1 is 0.844 bits per heavy atom. The van der Waals surface area contributed by atoms with Crippen molar-refractivity contribution in [3.8, 4) is 28.5 Å². The van der Waals surface area contributed by atoms with Crippen molar-refractivity contribution in [1.29, 1.82) is 0 Å². The number of rotatable bonds is 7. The van der Waals surface area contributed by atoms with Crippen LogP contribution in [0.15, 0.2) is 73.1 Å². The van der Waals surface area contributed by atoms with Crippen LogP contribution in [0.3, 0.4) is 0 Å². The first kappa shape index (κ1) is 29.4. The number of morpholine rings is 1. The fraction of sp³-hybridized carbons (Fsp3) is 0.188. The number of nitrogens with zero attached hydrogens (tertiary/aromatic N) is 5. The molecule has 0 atom stereocenters. The lowest BCUT2D eigenvalue weighted by molar-refractivity contribution is -0.114. The van der Waals surface area contributed by atoms with Gasteiger partial charge in [-0.15, -0.1) is 0 Å². The predicted octanol–water partition coefficient (Wildman–Crippen LogP) is 5.34. The number of nitrogens with one attached hydrogen (secondary N) is 3. The van der Waals surface area contributed by atoms with Crippen molar-refractivity contribution in [3.05, 3.63) is 78.9 Å². The molecule has 0 saturated carbocycles. The number of aromatic nitrogens is 4. The van der Waals surface area contributed by atoms with Crippen LogP contribution in [0.4, 0.5) is 32.1 Å². The van der Waals surface area contributed by atoms with Gasteiger partial charge in [-0.1, -0.05) is 6.07 Å². The number of hydrogen-bond donors (Lipinski definition) is 3. The van der Waals surface area contributed by atoms with Crippen LogP contribution >= 0.6 is 0 Å². The highest BCUT2D eigenvalue weighted by atomic mass is 19.1. The summed E-state index contributed by atoms with van der Waals surface area (Å²) in [6, 6.07) is 16.5. The summed E-state index contributed by atoms with van der Waals surface area (Å²) < 4.78 is 26.2. The first-order chi connectivity index (χ1) is 21.9. The van der Waals surface area contributed by atoms with Crippen LogP contribution < -0.4 is 25.6 Å². The minimum atomic E-state index is -0.598. The Morgan fingerprint density at radius 2 is 1.51 bits per heavy atom. The van der Waals surface area contributed by atoms with Gasteiger partial charge in [0.1, 0.15) is 11.6 Å². The molecule has 12 nitrogen and oxygen atoms in total. The molecule has 45 heavy (non-hydrogen) atoms. The van der Waals surface area contributed by atoms with Crippen LogP contribution in [0, 0.1) is 5.82 Å². The second-order valence-electron chi connectivity index (χ2n) is 10.2. The zero-order valence-electron chi connectivity index (χ0n) is 24.5. The number of amides is 3. The first-order valence-corrected chi connectivity index (χ1v) is 14.1. The van der Waals surface area contributed by atoms with Gasteiger partial charge in [-0.2, -0.15) is 0 Å². The zero-order chi connectivity index (χ0) is 31.3. The normalized spacial score (nSPS) is 12.9. The molecule has 3 N–H and O–H groups in total. The number of urea groups is 1. The summed E-state index contributed by atoms with van der Waals surface area (Å²) in [5, 5.41) is 8.80. The summed E-state index contributed by atoms with van der Waals surface area (Å²) in [7, 11) is 1.50. The van der Waals surface area contributed by atoms with E-state index in [1.165, 1.54) is 20.1 Å². The Labute approximate surface area is 257 Å². The smallest absolute Gasteiger partial charge is 0.323 e. The molecule has 1 saturated heterocycles. The molecule has 0 unspecified atom stereocenters. The lowest BCUT2D eigenvalue weighted by atomic mass is 10.1. The van der Waals surface area contributed by atoms with E-state index >= 15 is 4.39 Å². The van der Waals surface area contributed by atoms with Gasteiger partial charge in [0.2, 0.25) is 5.91 Å². The van der Waals surface area contributed by atoms with E-state index in [0.717, 1.165) is 16.5 Å². The van der Waals surface area contributed by atoms with Gasteiger partial charge in [0, 0.05) is 60.4 Å². The number of methoxy groups -OCH3 is 1. The lowest BCUT2D eigenvalue weighted by Gasteiger charge is -2.29. The summed E-state index contributed by atoms with van der Waals surface area (Å²) in [6.07, 6.45) is 3.33. The Morgan fingerprint density at radius 3 is 2.18 bits per heavy atom. The van der Waals surface area contributed by atoms with E-state index in [9.17, 15) is 9.59 Å². The fourth-order valence-electron chi connectivity index (χ4n) is 4.91. The number of carbonyl (C=O) groups excluding carboxylic acids is 2. The minimum absolute atomic E-state index is 0.184. The quantitative estimate of drug-likeness (QED) is 0.223. The molecule has 1 fully saturated rings. The number of halogens is 1. The van der Waals surface area contributed by atoms with Crippen molar-refractivity contribution in [3.63, 3.8) is 0 Å². The van der Waals surface area contributed by atoms with E-state index in [0.29, 0.717) is 49.0 Å². The molecule has 5 aromatic rings. The monoisotopic (exact) mass is 608 g/mol. The van der Waals surface area contributed by atoms with E-state index in [2.05, 4.69) is 30.8 Å². The summed E-state index contributed by atoms with van der Waals surface area (Å²) >= 11 is 0. The molecule has 1 aliphatic heterocycles. The number of anilines is 4. The third-order valence-electron chi connectivity index (χ3n) is 7.06. The maximum Gasteiger partial charge on any atom is 0.323 e. The number of benzene rings is 3. The molecule has 2 aromatic heterocycles. The van der Waals surface area contributed by atoms with Crippen LogP contribution in [0.1, 0.15) is 6.92 Å². The highest BCUT2D eigenvalue weighted by molar-refractivity contribution is 6.00. The van der Waals surface area contributed by atoms with Crippen LogP contribution in [-0.2, 0) is 9.53 Å². The van der Waals surface area contributed by atoms with E-state index in [1.54, 1.807) is 48.8 Å². The largest absolute Gasteiger partial charge is 0.467 e. The molecule has 6 rings (SSSR count). The Bertz CT molecular complexity index is 1860. The maximum atomic E-state index is 15.6. The molecule has 0 spiro atoms. The maximum absolute atomic E-state index is 15.6. The second kappa shape index (κ2) is 12.9. The van der Waals surface area contributed by atoms with Crippen molar-refractivity contribution in [2.24, 2.45) is 0 Å². The van der Waals surface area contributed by atoms with Gasteiger partial charge in [0.15, 0.2) is 5.82 Å². The van der Waals surface area contributed by atoms with Gasteiger partial charge in [0.25, 0.3) is 0 Å². The van der Waals surface area contributed by atoms with Gasteiger partial charge < -0.3 is 30.3 Å². The van der Waals surface area contributed by atoms with Crippen molar-refractivity contribution < 1.29 is 23.5 Å². The topological polar surface area (TPSA) is 143 Å². The van der Waals surface area contributed by atoms with Crippen LogP contribution in [0.5, 0.6) is 6.01 Å². The molecule has 0 aliphatic carbocycles. The SMILES string of the molecule is COc1ncc(-c2ccc3c(N4CCOCC4)nc(-c4ccc(NC(=O)Nc5ccc(NC(C)=O)cc5)cc4F)nc3c2)cn1. The summed E-state index contributed by atoms with van der Waals surface area (Å²) in [5.41, 5.74) is 3.76. The summed E-state index contributed by atoms with van der Waals surface area (Å²) in [5.74, 6) is 0.0967. The molecular formula is C32H29FN8O4. The van der Waals surface area contributed by atoms with Gasteiger partial charge in [-0.3, -0.25) is 4.79 Å². The fourth-order valence-corrected chi connectivity index (χ4v) is 4.91. The number of carbonyl (C=O) groups is 2. The highest BCUT2D eigenvalue weighted by Crippen LogP contribution is 2.33. The molecule has 1 aliphatic rings. The van der Waals surface area contributed by atoms with E-state index in [-0.39, 0.29) is 29.0 Å². The van der Waals surface area contributed by atoms with E-state index in [1.807, 2.05) is 18.2 Å². The van der Waals surface area contributed by atoms with Crippen molar-refractivity contribution in [1.82, 2.24) is 19.9 Å². The van der Waals surface area contributed by atoms with Gasteiger partial charge in [0.05, 0.1) is 31.4 Å². The number of fused-ring (bicyclic) bond motifs is 1. The Balaban J connectivity index is 1.28. The van der Waals surface area contributed by atoms with E-state index in [4.69, 9.17) is 19.4 Å². The highest BCUT2D eigenvalue weighted by Gasteiger charge is 2.20. The third-order valence-corrected chi connectivity index (χ3v) is 7.06. The van der Waals surface area contributed by atoms with Crippen molar-refractivity contribution in [2.75, 3.05) is 54.3 Å². The molecule has 3 heterocycles. The summed E-state index contributed by atoms with van der Waals surface area (Å²) in [6.45, 7) is 3.79. The lowest BCUT2D eigenvalue weighted by Crippen LogP contribution is -2.37. The standard InChI is InChI=1S/C32H29FN8O4/c1-19(42)36-22-4-6-23(7-5-22)37-31(43)38-24-8-10-25(27(33)16-24)29-39-28-15-20(21-17-34-32(44-2)35-18-21)3-9-26(28)30(40-29)41-11-13-45-14-12-41/h3-10,15-18H,11-14H2,1-2H3,(H,36,42)(H2,37,38,43). The Hall–Kier alpha value is -5.69. The average Bonchev–Trinajstić information content (AvgIpc) is 3.05. The van der Waals surface area contributed by atoms with Crippen LogP contribution in [-0.4, -0.2) is 65.3 Å². The average molecular weight is 609 g/mol. The molecule has 13 heteroatoms. The van der Waals surface area contributed by atoms with Gasteiger partial charge in [-0.05, 0) is 60.2 Å². The molecule has 228 valence electrons. The van der Waals surface area contributed by atoms with Crippen LogP contribution in [0.2, 0.25) is 0 Å². The third kappa shape index (κ3) is 6.78. The van der Waals surface area contributed by atoms with Gasteiger partial charge in [-0.25, -0.2) is 29.1 Å². The molecule has 0 radical (unpaired) electrons. The van der Waals surface area contributed by atoms with Crippen LogP contribution in [0.25, 0.3) is 33.4 Å². The minimum Gasteiger partial charge on any atom is -0.467 e. The number of ether oxygens (including phenoxy) is 2. The van der Waals surface area contributed by atoms with Gasteiger partial charge >= 0.3 is 12.0 Å². The Kier molecular flexibility index (Phi) is 8.42. The molecule has 0 bridgehead atoms. The number of hydrogen-bond acceptors (Lipinski definition) is 9.